The fourth-order valence-corrected chi connectivity index (χ4v) is 2.82. The van der Waals surface area contributed by atoms with Crippen LogP contribution < -0.4 is 0 Å². The summed E-state index contributed by atoms with van der Waals surface area (Å²) in [5, 5.41) is 0. The van der Waals surface area contributed by atoms with Crippen molar-refractivity contribution in [3.8, 4) is 0 Å². The molecule has 1 aromatic rings. The summed E-state index contributed by atoms with van der Waals surface area (Å²) >= 11 is 0. The SMILES string of the molecule is C=Nc1ccc(C(C2=CCC(N=C)C=C2)(C(F)(F)F)C(F)(F)F)cc1. The molecule has 2 nitrogen and oxygen atoms in total. The Bertz CT molecular complexity index is 696. The van der Waals surface area contributed by atoms with E-state index in [1.54, 1.807) is 0 Å². The Labute approximate surface area is 140 Å². The molecule has 1 unspecified atom stereocenters. The monoisotopic (exact) mass is 360 g/mol. The van der Waals surface area contributed by atoms with Crippen molar-refractivity contribution in [3.63, 3.8) is 0 Å². The van der Waals surface area contributed by atoms with E-state index in [0.717, 1.165) is 36.4 Å². The van der Waals surface area contributed by atoms with Crippen LogP contribution in [0.25, 0.3) is 0 Å². The zero-order valence-electron chi connectivity index (χ0n) is 12.9. The van der Waals surface area contributed by atoms with Crippen LogP contribution in [0.5, 0.6) is 0 Å². The fourth-order valence-electron chi connectivity index (χ4n) is 2.82. The summed E-state index contributed by atoms with van der Waals surface area (Å²) in [6, 6.07) is 3.14. The molecule has 134 valence electrons. The fraction of sp³-hybridized carbons (Fsp3) is 0.294. The van der Waals surface area contributed by atoms with Gasteiger partial charge in [0.05, 0.1) is 11.7 Å². The lowest BCUT2D eigenvalue weighted by Crippen LogP contribution is -2.55. The van der Waals surface area contributed by atoms with Crippen molar-refractivity contribution in [1.29, 1.82) is 0 Å². The first-order valence-electron chi connectivity index (χ1n) is 7.13. The number of hydrogen-bond donors (Lipinski definition) is 0. The topological polar surface area (TPSA) is 24.7 Å². The second-order valence-corrected chi connectivity index (χ2v) is 5.45. The van der Waals surface area contributed by atoms with Gasteiger partial charge < -0.3 is 0 Å². The van der Waals surface area contributed by atoms with Crippen LogP contribution in [0.3, 0.4) is 0 Å². The molecule has 1 aliphatic carbocycles. The molecule has 0 N–H and O–H groups in total. The lowest BCUT2D eigenvalue weighted by molar-refractivity contribution is -0.289. The molecule has 0 fully saturated rings. The molecule has 0 bridgehead atoms. The molecule has 0 amide bonds. The standard InChI is InChI=1S/C17H14F6N2/c1-24-13-7-3-11(4-8-13)15(16(18,19)20,17(21,22)23)12-5-9-14(25-2)10-6-12/h3-9,14H,1-2,10H2. The molecule has 0 radical (unpaired) electrons. The number of nitrogens with zero attached hydrogens (tertiary/aromatic N) is 2. The third-order valence-corrected chi connectivity index (χ3v) is 4.08. The van der Waals surface area contributed by atoms with Gasteiger partial charge in [-0.3, -0.25) is 9.98 Å². The Morgan fingerprint density at radius 1 is 0.920 bits per heavy atom. The third-order valence-electron chi connectivity index (χ3n) is 4.08. The predicted molar refractivity (Wildman–Crippen MR) is 84.6 cm³/mol. The Balaban J connectivity index is 2.74. The van der Waals surface area contributed by atoms with Gasteiger partial charge in [-0.2, -0.15) is 26.3 Å². The van der Waals surface area contributed by atoms with E-state index in [9.17, 15) is 26.3 Å². The van der Waals surface area contributed by atoms with Crippen molar-refractivity contribution in [1.82, 2.24) is 0 Å². The molecule has 25 heavy (non-hydrogen) atoms. The Morgan fingerprint density at radius 3 is 1.84 bits per heavy atom. The zero-order chi connectivity index (χ0) is 18.9. The van der Waals surface area contributed by atoms with E-state index in [2.05, 4.69) is 23.4 Å². The molecule has 1 atom stereocenters. The first kappa shape index (κ1) is 19.0. The quantitative estimate of drug-likeness (QED) is 0.512. The first-order valence-corrected chi connectivity index (χ1v) is 7.13. The van der Waals surface area contributed by atoms with Gasteiger partial charge in [0.1, 0.15) is 0 Å². The van der Waals surface area contributed by atoms with Gasteiger partial charge in [-0.05, 0) is 43.1 Å². The van der Waals surface area contributed by atoms with Crippen LogP contribution in [-0.2, 0) is 5.41 Å². The molecule has 8 heteroatoms. The highest BCUT2D eigenvalue weighted by atomic mass is 19.4. The summed E-state index contributed by atoms with van der Waals surface area (Å²) in [6.07, 6.45) is -8.36. The van der Waals surface area contributed by atoms with Gasteiger partial charge >= 0.3 is 12.4 Å². The third kappa shape index (κ3) is 3.12. The van der Waals surface area contributed by atoms with E-state index in [4.69, 9.17) is 0 Å². The molecular formula is C17H14F6N2. The molecular weight excluding hydrogens is 346 g/mol. The van der Waals surface area contributed by atoms with E-state index >= 15 is 0 Å². The van der Waals surface area contributed by atoms with E-state index in [1.807, 2.05) is 0 Å². The van der Waals surface area contributed by atoms with Crippen molar-refractivity contribution < 1.29 is 26.3 Å². The second kappa shape index (κ2) is 6.50. The highest BCUT2D eigenvalue weighted by Crippen LogP contribution is 2.57. The highest BCUT2D eigenvalue weighted by molar-refractivity contribution is 5.52. The number of aliphatic imine (C=N–C) groups is 2. The lowest BCUT2D eigenvalue weighted by atomic mass is 9.70. The number of halogens is 6. The number of hydrogen-bond acceptors (Lipinski definition) is 2. The molecule has 0 aromatic heterocycles. The Morgan fingerprint density at radius 2 is 1.48 bits per heavy atom. The predicted octanol–water partition coefficient (Wildman–Crippen LogP) is 5.34. The Kier molecular flexibility index (Phi) is 4.92. The molecule has 0 saturated carbocycles. The maximum atomic E-state index is 13.8. The van der Waals surface area contributed by atoms with Crippen LogP contribution in [0.4, 0.5) is 32.0 Å². The average molecular weight is 360 g/mol. The summed E-state index contributed by atoms with van der Waals surface area (Å²) in [7, 11) is 0. The van der Waals surface area contributed by atoms with Crippen LogP contribution >= 0.6 is 0 Å². The van der Waals surface area contributed by atoms with Crippen LogP contribution in [0.15, 0.2) is 58.1 Å². The van der Waals surface area contributed by atoms with Crippen molar-refractivity contribution in [2.45, 2.75) is 30.2 Å². The molecule has 1 aromatic carbocycles. The van der Waals surface area contributed by atoms with Crippen LogP contribution in [0, 0.1) is 0 Å². The molecule has 0 heterocycles. The summed E-state index contributed by atoms with van der Waals surface area (Å²) in [4.78, 5) is 7.11. The van der Waals surface area contributed by atoms with Crippen molar-refractivity contribution >= 4 is 19.1 Å². The minimum absolute atomic E-state index is 0.0878. The number of allylic oxidation sites excluding steroid dienone is 2. The van der Waals surface area contributed by atoms with Gasteiger partial charge in [-0.25, -0.2) is 0 Å². The van der Waals surface area contributed by atoms with Crippen molar-refractivity contribution in [2.75, 3.05) is 0 Å². The van der Waals surface area contributed by atoms with E-state index in [0.29, 0.717) is 0 Å². The number of benzene rings is 1. The largest absolute Gasteiger partial charge is 0.411 e. The minimum Gasteiger partial charge on any atom is -0.293 e. The van der Waals surface area contributed by atoms with Gasteiger partial charge in [0.25, 0.3) is 0 Å². The van der Waals surface area contributed by atoms with Gasteiger partial charge in [-0.1, -0.05) is 30.4 Å². The van der Waals surface area contributed by atoms with Crippen molar-refractivity contribution in [3.05, 3.63) is 53.6 Å². The second-order valence-electron chi connectivity index (χ2n) is 5.45. The molecule has 2 rings (SSSR count). The number of alkyl halides is 6. The van der Waals surface area contributed by atoms with Crippen molar-refractivity contribution in [2.24, 2.45) is 9.98 Å². The van der Waals surface area contributed by atoms with Gasteiger partial charge in [0.15, 0.2) is 0 Å². The van der Waals surface area contributed by atoms with E-state index in [-0.39, 0.29) is 12.1 Å². The number of rotatable bonds is 4. The van der Waals surface area contributed by atoms with Crippen LogP contribution in [0.1, 0.15) is 12.0 Å². The van der Waals surface area contributed by atoms with Gasteiger partial charge in [0.2, 0.25) is 5.41 Å². The van der Waals surface area contributed by atoms with E-state index in [1.165, 1.54) is 6.08 Å². The molecule has 0 saturated heterocycles. The van der Waals surface area contributed by atoms with Gasteiger partial charge in [0, 0.05) is 0 Å². The summed E-state index contributed by atoms with van der Waals surface area (Å²) in [6.45, 7) is 6.45. The maximum Gasteiger partial charge on any atom is 0.411 e. The average Bonchev–Trinajstić information content (AvgIpc) is 2.54. The van der Waals surface area contributed by atoms with Crippen LogP contribution in [0.2, 0.25) is 0 Å². The normalized spacial score (nSPS) is 18.6. The van der Waals surface area contributed by atoms with E-state index < -0.39 is 34.9 Å². The first-order chi connectivity index (χ1) is 11.6. The summed E-state index contributed by atoms with van der Waals surface area (Å²) in [5.41, 5.74) is -5.78. The zero-order valence-corrected chi connectivity index (χ0v) is 12.9. The molecule has 0 aliphatic heterocycles. The molecule has 0 spiro atoms. The summed E-state index contributed by atoms with van der Waals surface area (Å²) < 4.78 is 83.0. The minimum atomic E-state index is -5.60. The summed E-state index contributed by atoms with van der Waals surface area (Å²) in [5.74, 6) is 0. The smallest absolute Gasteiger partial charge is 0.293 e. The Hall–Kier alpha value is -2.38. The van der Waals surface area contributed by atoms with Gasteiger partial charge in [-0.15, -0.1) is 0 Å². The molecule has 1 aliphatic rings. The highest BCUT2D eigenvalue weighted by Gasteiger charge is 2.73. The van der Waals surface area contributed by atoms with Crippen LogP contribution in [-0.4, -0.2) is 31.8 Å². The lowest BCUT2D eigenvalue weighted by Gasteiger charge is -2.39. The maximum absolute atomic E-state index is 13.8.